The molecule has 0 bridgehead atoms. The van der Waals surface area contributed by atoms with E-state index < -0.39 is 0 Å². The van der Waals surface area contributed by atoms with Crippen LogP contribution in [0, 0.1) is 0 Å². The molecule has 1 aromatic carbocycles. The molecule has 0 unspecified atom stereocenters. The Bertz CT molecular complexity index is 626. The van der Waals surface area contributed by atoms with Gasteiger partial charge in [-0.05, 0) is 24.3 Å². The number of rotatable bonds is 2. The van der Waals surface area contributed by atoms with E-state index in [4.69, 9.17) is 11.6 Å². The predicted octanol–water partition coefficient (Wildman–Crippen LogP) is 2.48. The number of halogens is 1. The minimum absolute atomic E-state index is 0.0962. The molecule has 0 atom stereocenters. The lowest BCUT2D eigenvalue weighted by molar-refractivity contribution is 0.208. The van der Waals surface area contributed by atoms with E-state index in [0.717, 1.165) is 24.6 Å². The van der Waals surface area contributed by atoms with Gasteiger partial charge in [0, 0.05) is 49.3 Å². The SMILES string of the molecule is O=C(Nc1ccc(Cl)cc1)N1CCN(c2cnccn2)CC1. The number of anilines is 2. The summed E-state index contributed by atoms with van der Waals surface area (Å²) >= 11 is 5.83. The van der Waals surface area contributed by atoms with E-state index >= 15 is 0 Å². The fraction of sp³-hybridized carbons (Fsp3) is 0.267. The third-order valence-electron chi connectivity index (χ3n) is 3.54. The van der Waals surface area contributed by atoms with Crippen LogP contribution in [0.4, 0.5) is 16.3 Å². The molecule has 7 heteroatoms. The van der Waals surface area contributed by atoms with E-state index in [0.29, 0.717) is 18.1 Å². The van der Waals surface area contributed by atoms with Gasteiger partial charge in [0.15, 0.2) is 0 Å². The zero-order chi connectivity index (χ0) is 15.4. The lowest BCUT2D eigenvalue weighted by Crippen LogP contribution is -2.50. The highest BCUT2D eigenvalue weighted by molar-refractivity contribution is 6.30. The Kier molecular flexibility index (Phi) is 4.39. The Morgan fingerprint density at radius 1 is 1.09 bits per heavy atom. The Hall–Kier alpha value is -2.34. The number of amides is 2. The number of hydrogen-bond donors (Lipinski definition) is 1. The third kappa shape index (κ3) is 3.46. The molecule has 1 aromatic heterocycles. The highest BCUT2D eigenvalue weighted by Gasteiger charge is 2.21. The maximum absolute atomic E-state index is 12.2. The summed E-state index contributed by atoms with van der Waals surface area (Å²) in [5, 5.41) is 3.52. The number of carbonyl (C=O) groups is 1. The largest absolute Gasteiger partial charge is 0.352 e. The molecule has 3 rings (SSSR count). The van der Waals surface area contributed by atoms with Crippen LogP contribution in [0.1, 0.15) is 0 Å². The van der Waals surface area contributed by atoms with Crippen molar-refractivity contribution in [1.29, 1.82) is 0 Å². The van der Waals surface area contributed by atoms with Gasteiger partial charge in [0.2, 0.25) is 0 Å². The van der Waals surface area contributed by atoms with Crippen LogP contribution in [0.3, 0.4) is 0 Å². The molecular formula is C15H16ClN5O. The van der Waals surface area contributed by atoms with Gasteiger partial charge in [-0.25, -0.2) is 9.78 Å². The molecule has 1 aliphatic rings. The minimum Gasteiger partial charge on any atom is -0.352 e. The van der Waals surface area contributed by atoms with Crippen LogP contribution < -0.4 is 10.2 Å². The van der Waals surface area contributed by atoms with Crippen molar-refractivity contribution in [2.75, 3.05) is 36.4 Å². The zero-order valence-corrected chi connectivity index (χ0v) is 12.7. The van der Waals surface area contributed by atoms with Gasteiger partial charge >= 0.3 is 6.03 Å². The highest BCUT2D eigenvalue weighted by atomic mass is 35.5. The summed E-state index contributed by atoms with van der Waals surface area (Å²) in [5.41, 5.74) is 0.741. The number of nitrogens with one attached hydrogen (secondary N) is 1. The van der Waals surface area contributed by atoms with Crippen molar-refractivity contribution in [3.63, 3.8) is 0 Å². The molecule has 1 aliphatic heterocycles. The van der Waals surface area contributed by atoms with Crippen molar-refractivity contribution in [3.8, 4) is 0 Å². The van der Waals surface area contributed by atoms with Crippen LogP contribution in [-0.2, 0) is 0 Å². The molecule has 0 spiro atoms. The summed E-state index contributed by atoms with van der Waals surface area (Å²) in [7, 11) is 0. The molecule has 0 radical (unpaired) electrons. The summed E-state index contributed by atoms with van der Waals surface area (Å²) in [6.45, 7) is 2.78. The normalized spacial score (nSPS) is 14.8. The average molecular weight is 318 g/mol. The van der Waals surface area contributed by atoms with Gasteiger partial charge < -0.3 is 15.1 Å². The second-order valence-corrected chi connectivity index (χ2v) is 5.41. The number of urea groups is 1. The van der Waals surface area contributed by atoms with Gasteiger partial charge in [0.1, 0.15) is 5.82 Å². The number of nitrogens with zero attached hydrogens (tertiary/aromatic N) is 4. The lowest BCUT2D eigenvalue weighted by atomic mass is 10.3. The number of hydrogen-bond acceptors (Lipinski definition) is 4. The summed E-state index contributed by atoms with van der Waals surface area (Å²) in [6.07, 6.45) is 5.07. The maximum Gasteiger partial charge on any atom is 0.321 e. The first-order valence-corrected chi connectivity index (χ1v) is 7.42. The summed E-state index contributed by atoms with van der Waals surface area (Å²) in [4.78, 5) is 24.5. The number of piperazine rings is 1. The van der Waals surface area contributed by atoms with Crippen LogP contribution in [0.15, 0.2) is 42.9 Å². The van der Waals surface area contributed by atoms with E-state index in [2.05, 4.69) is 20.2 Å². The Morgan fingerprint density at radius 2 is 1.82 bits per heavy atom. The first-order valence-electron chi connectivity index (χ1n) is 7.05. The van der Waals surface area contributed by atoms with Crippen molar-refractivity contribution >= 4 is 29.1 Å². The van der Waals surface area contributed by atoms with Crippen molar-refractivity contribution in [2.24, 2.45) is 0 Å². The zero-order valence-electron chi connectivity index (χ0n) is 11.9. The first-order chi connectivity index (χ1) is 10.7. The van der Waals surface area contributed by atoms with Gasteiger partial charge in [-0.15, -0.1) is 0 Å². The number of benzene rings is 1. The van der Waals surface area contributed by atoms with Crippen molar-refractivity contribution < 1.29 is 4.79 Å². The molecule has 2 heterocycles. The maximum atomic E-state index is 12.2. The lowest BCUT2D eigenvalue weighted by Gasteiger charge is -2.35. The summed E-state index contributed by atoms with van der Waals surface area (Å²) in [6, 6.07) is 6.99. The third-order valence-corrected chi connectivity index (χ3v) is 3.79. The van der Waals surface area contributed by atoms with Crippen LogP contribution >= 0.6 is 11.6 Å². The van der Waals surface area contributed by atoms with Crippen LogP contribution in [0.2, 0.25) is 5.02 Å². The molecule has 1 N–H and O–H groups in total. The fourth-order valence-corrected chi connectivity index (χ4v) is 2.45. The van der Waals surface area contributed by atoms with Gasteiger partial charge in [0.05, 0.1) is 6.20 Å². The van der Waals surface area contributed by atoms with E-state index in [-0.39, 0.29) is 6.03 Å². The van der Waals surface area contributed by atoms with E-state index in [1.807, 2.05) is 0 Å². The molecule has 1 saturated heterocycles. The van der Waals surface area contributed by atoms with Gasteiger partial charge in [-0.2, -0.15) is 0 Å². The second kappa shape index (κ2) is 6.62. The Labute approximate surface area is 133 Å². The predicted molar refractivity (Wildman–Crippen MR) is 86.3 cm³/mol. The minimum atomic E-state index is -0.0962. The van der Waals surface area contributed by atoms with E-state index in [9.17, 15) is 4.79 Å². The summed E-state index contributed by atoms with van der Waals surface area (Å²) in [5.74, 6) is 0.847. The van der Waals surface area contributed by atoms with E-state index in [1.54, 1.807) is 47.8 Å². The smallest absolute Gasteiger partial charge is 0.321 e. The number of carbonyl (C=O) groups excluding carboxylic acids is 1. The monoisotopic (exact) mass is 317 g/mol. The Morgan fingerprint density at radius 3 is 2.45 bits per heavy atom. The molecule has 6 nitrogen and oxygen atoms in total. The molecule has 2 amide bonds. The highest BCUT2D eigenvalue weighted by Crippen LogP contribution is 2.15. The quantitative estimate of drug-likeness (QED) is 0.924. The van der Waals surface area contributed by atoms with E-state index in [1.165, 1.54) is 0 Å². The van der Waals surface area contributed by atoms with Gasteiger partial charge in [0.25, 0.3) is 0 Å². The molecule has 0 saturated carbocycles. The summed E-state index contributed by atoms with van der Waals surface area (Å²) < 4.78 is 0. The fourth-order valence-electron chi connectivity index (χ4n) is 2.33. The van der Waals surface area contributed by atoms with Crippen molar-refractivity contribution in [3.05, 3.63) is 47.9 Å². The first kappa shape index (κ1) is 14.6. The van der Waals surface area contributed by atoms with Gasteiger partial charge in [-0.3, -0.25) is 4.98 Å². The van der Waals surface area contributed by atoms with Crippen LogP contribution in [-0.4, -0.2) is 47.1 Å². The Balaban J connectivity index is 1.54. The topological polar surface area (TPSA) is 61.4 Å². The molecule has 114 valence electrons. The average Bonchev–Trinajstić information content (AvgIpc) is 2.58. The van der Waals surface area contributed by atoms with Crippen LogP contribution in [0.5, 0.6) is 0 Å². The van der Waals surface area contributed by atoms with Gasteiger partial charge in [-0.1, -0.05) is 11.6 Å². The standard InChI is InChI=1S/C15H16ClN5O/c16-12-1-3-13(4-2-12)19-15(22)21-9-7-20(8-10-21)14-11-17-5-6-18-14/h1-6,11H,7-10H2,(H,19,22). The second-order valence-electron chi connectivity index (χ2n) is 4.97. The molecule has 0 aliphatic carbocycles. The molecular weight excluding hydrogens is 302 g/mol. The molecule has 2 aromatic rings. The van der Waals surface area contributed by atoms with Crippen molar-refractivity contribution in [2.45, 2.75) is 0 Å². The number of aromatic nitrogens is 2. The van der Waals surface area contributed by atoms with Crippen LogP contribution in [0.25, 0.3) is 0 Å². The molecule has 1 fully saturated rings. The molecule has 22 heavy (non-hydrogen) atoms. The van der Waals surface area contributed by atoms with Crippen molar-refractivity contribution in [1.82, 2.24) is 14.9 Å².